The van der Waals surface area contributed by atoms with E-state index in [0.29, 0.717) is 22.3 Å². The van der Waals surface area contributed by atoms with Crippen molar-refractivity contribution < 1.29 is 4.79 Å². The summed E-state index contributed by atoms with van der Waals surface area (Å²) in [6.45, 7) is 2.48. The van der Waals surface area contributed by atoms with Crippen molar-refractivity contribution in [2.24, 2.45) is 0 Å². The Morgan fingerprint density at radius 2 is 2.03 bits per heavy atom. The van der Waals surface area contributed by atoms with Gasteiger partial charge < -0.3 is 10.6 Å². The maximum absolute atomic E-state index is 12.7. The first-order chi connectivity index (χ1) is 14.1. The van der Waals surface area contributed by atoms with Crippen LogP contribution in [0.2, 0.25) is 0 Å². The molecule has 0 spiro atoms. The van der Waals surface area contributed by atoms with Crippen LogP contribution in [0.4, 0.5) is 5.69 Å². The Labute approximate surface area is 175 Å². The molecule has 8 heteroatoms. The first kappa shape index (κ1) is 20.4. The molecular formula is C21H18N4O2S2. The van der Waals surface area contributed by atoms with E-state index in [1.54, 1.807) is 13.1 Å². The summed E-state index contributed by atoms with van der Waals surface area (Å²) in [7, 11) is 0. The van der Waals surface area contributed by atoms with Gasteiger partial charge in [-0.15, -0.1) is 22.7 Å². The van der Waals surface area contributed by atoms with Crippen molar-refractivity contribution in [3.63, 3.8) is 0 Å². The number of aromatic nitrogens is 1. The lowest BCUT2D eigenvalue weighted by Crippen LogP contribution is -2.34. The fourth-order valence-electron chi connectivity index (χ4n) is 2.56. The Balaban J connectivity index is 1.98. The molecule has 6 nitrogen and oxygen atoms in total. The van der Waals surface area contributed by atoms with Crippen LogP contribution in [0.15, 0.2) is 58.8 Å². The molecule has 0 aliphatic carbocycles. The van der Waals surface area contributed by atoms with Crippen LogP contribution >= 0.6 is 22.7 Å². The summed E-state index contributed by atoms with van der Waals surface area (Å²) < 4.78 is 2.08. The van der Waals surface area contributed by atoms with Gasteiger partial charge in [0.1, 0.15) is 15.3 Å². The van der Waals surface area contributed by atoms with Crippen LogP contribution in [-0.4, -0.2) is 10.5 Å². The highest BCUT2D eigenvalue weighted by atomic mass is 32.1. The third-order valence-corrected chi connectivity index (χ3v) is 5.96. The molecule has 0 radical (unpaired) electrons. The molecule has 0 aliphatic heterocycles. The van der Waals surface area contributed by atoms with Gasteiger partial charge >= 0.3 is 0 Å². The van der Waals surface area contributed by atoms with E-state index in [0.717, 1.165) is 21.9 Å². The molecule has 3 aromatic rings. The highest BCUT2D eigenvalue weighted by Gasteiger charge is 2.15. The normalized spacial score (nSPS) is 11.2. The van der Waals surface area contributed by atoms with Crippen molar-refractivity contribution in [3.8, 4) is 6.07 Å². The zero-order valence-electron chi connectivity index (χ0n) is 15.6. The van der Waals surface area contributed by atoms with Gasteiger partial charge in [-0.3, -0.25) is 14.2 Å². The second-order valence-corrected chi connectivity index (χ2v) is 7.86. The molecule has 1 aromatic carbocycles. The van der Waals surface area contributed by atoms with E-state index in [9.17, 15) is 14.9 Å². The summed E-state index contributed by atoms with van der Waals surface area (Å²) in [5.74, 6) is -0.498. The number of thiazole rings is 1. The molecule has 0 aliphatic rings. The summed E-state index contributed by atoms with van der Waals surface area (Å²) in [5.41, 5.74) is 3.44. The van der Waals surface area contributed by atoms with Crippen molar-refractivity contribution in [2.75, 3.05) is 5.32 Å². The van der Waals surface area contributed by atoms with Gasteiger partial charge in [-0.05, 0) is 30.5 Å². The largest absolute Gasteiger partial charge is 0.355 e. The van der Waals surface area contributed by atoms with Crippen molar-refractivity contribution in [3.05, 3.63) is 78.5 Å². The molecule has 0 saturated heterocycles. The third kappa shape index (κ3) is 4.92. The first-order valence-electron chi connectivity index (χ1n) is 8.85. The minimum absolute atomic E-state index is 0.0745. The van der Waals surface area contributed by atoms with E-state index < -0.39 is 5.91 Å². The maximum atomic E-state index is 12.7. The van der Waals surface area contributed by atoms with Crippen LogP contribution in [-0.2, 0) is 17.9 Å². The zero-order chi connectivity index (χ0) is 20.6. The summed E-state index contributed by atoms with van der Waals surface area (Å²) in [6.07, 6.45) is 1.55. The predicted octanol–water partition coefficient (Wildman–Crippen LogP) is 1.99. The third-order valence-electron chi connectivity index (χ3n) is 3.97. The predicted molar refractivity (Wildman–Crippen MR) is 117 cm³/mol. The lowest BCUT2D eigenvalue weighted by Gasteiger charge is -2.02. The van der Waals surface area contributed by atoms with Gasteiger partial charge in [-0.1, -0.05) is 30.0 Å². The summed E-state index contributed by atoms with van der Waals surface area (Å²) in [5, 5.41) is 17.3. The minimum atomic E-state index is -0.498. The number of amides is 1. The molecule has 2 N–H and O–H groups in total. The van der Waals surface area contributed by atoms with Crippen LogP contribution < -0.4 is 25.4 Å². The number of anilines is 1. The number of nitriles is 1. The number of hydrogen-bond acceptors (Lipinski definition) is 6. The number of thiophene rings is 1. The van der Waals surface area contributed by atoms with Crippen LogP contribution in [0, 0.1) is 11.3 Å². The van der Waals surface area contributed by atoms with E-state index in [1.807, 2.05) is 53.9 Å². The molecule has 0 atom stereocenters. The Bertz CT molecular complexity index is 1240. The number of nitrogens with zero attached hydrogens (tertiary/aromatic N) is 2. The van der Waals surface area contributed by atoms with Gasteiger partial charge in [0.2, 0.25) is 0 Å². The number of carbonyl (C=O) groups is 1. The van der Waals surface area contributed by atoms with Crippen molar-refractivity contribution in [1.29, 1.82) is 5.26 Å². The molecule has 0 saturated carbocycles. The molecule has 29 heavy (non-hydrogen) atoms. The molecular weight excluding hydrogens is 404 g/mol. The highest BCUT2D eigenvalue weighted by molar-refractivity contribution is 7.09. The fraction of sp³-hybridized carbons (Fsp3) is 0.143. The van der Waals surface area contributed by atoms with E-state index in [2.05, 4.69) is 16.4 Å². The fourth-order valence-corrected chi connectivity index (χ4v) is 4.27. The van der Waals surface area contributed by atoms with Gasteiger partial charge in [0.05, 0.1) is 6.54 Å². The van der Waals surface area contributed by atoms with Gasteiger partial charge in [0.25, 0.3) is 11.5 Å². The standard InChI is InChI=1S/C21H18N4O2S2/c1-2-25-20(27)18(10-11-23-15-7-4-3-5-8-15)29-21(25)17(13-22)19(26)24-14-16-9-6-12-28-16/h3-9,11-12,23H,2,14H2,1H3,(H,24,26)/b21-17-. The number of para-hydroxylation sites is 1. The Morgan fingerprint density at radius 3 is 2.69 bits per heavy atom. The van der Waals surface area contributed by atoms with Crippen molar-refractivity contribution in [2.45, 2.75) is 20.0 Å². The smallest absolute Gasteiger partial charge is 0.277 e. The number of benzene rings is 1. The van der Waals surface area contributed by atoms with Crippen LogP contribution in [0.5, 0.6) is 0 Å². The SMILES string of the molecule is CCn1c(=O)c(=C=CNc2ccccc2)s/c1=C(/C#N)C(=O)NCc1cccs1. The molecule has 2 heterocycles. The molecule has 2 aromatic heterocycles. The quantitative estimate of drug-likeness (QED) is 0.636. The number of hydrogen-bond donors (Lipinski definition) is 2. The summed E-state index contributed by atoms with van der Waals surface area (Å²) in [6, 6.07) is 15.2. The Kier molecular flexibility index (Phi) is 6.82. The van der Waals surface area contributed by atoms with Crippen LogP contribution in [0.25, 0.3) is 11.3 Å². The Hall–Kier alpha value is -3.37. The van der Waals surface area contributed by atoms with Gasteiger partial charge in [0, 0.05) is 23.3 Å². The average molecular weight is 423 g/mol. The molecule has 0 unspecified atom stereocenters. The number of carbonyl (C=O) groups excluding carboxylic acids is 1. The van der Waals surface area contributed by atoms with E-state index in [4.69, 9.17) is 0 Å². The highest BCUT2D eigenvalue weighted by Crippen LogP contribution is 2.08. The minimum Gasteiger partial charge on any atom is -0.355 e. The van der Waals surface area contributed by atoms with Crippen molar-refractivity contribution >= 4 is 45.6 Å². The van der Waals surface area contributed by atoms with Crippen LogP contribution in [0.3, 0.4) is 0 Å². The van der Waals surface area contributed by atoms with Gasteiger partial charge in [-0.2, -0.15) is 5.26 Å². The lowest BCUT2D eigenvalue weighted by molar-refractivity contribution is -0.115. The second-order valence-electron chi connectivity index (χ2n) is 5.83. The maximum Gasteiger partial charge on any atom is 0.277 e. The molecule has 0 fully saturated rings. The second kappa shape index (κ2) is 9.71. The number of rotatable bonds is 6. The molecule has 3 rings (SSSR count). The first-order valence-corrected chi connectivity index (χ1v) is 10.5. The topological polar surface area (TPSA) is 86.9 Å². The zero-order valence-corrected chi connectivity index (χ0v) is 17.3. The number of nitrogens with one attached hydrogen (secondary N) is 2. The molecule has 1 amide bonds. The van der Waals surface area contributed by atoms with E-state index in [1.165, 1.54) is 15.9 Å². The molecule has 0 bridgehead atoms. The van der Waals surface area contributed by atoms with Crippen molar-refractivity contribution in [1.82, 2.24) is 9.88 Å². The van der Waals surface area contributed by atoms with Crippen LogP contribution in [0.1, 0.15) is 11.8 Å². The van der Waals surface area contributed by atoms with E-state index in [-0.39, 0.29) is 11.1 Å². The van der Waals surface area contributed by atoms with E-state index >= 15 is 0 Å². The Morgan fingerprint density at radius 1 is 1.24 bits per heavy atom. The average Bonchev–Trinajstić information content (AvgIpc) is 3.36. The monoisotopic (exact) mass is 422 g/mol. The summed E-state index contributed by atoms with van der Waals surface area (Å²) >= 11 is 2.60. The van der Waals surface area contributed by atoms with Gasteiger partial charge in [-0.25, -0.2) is 0 Å². The summed E-state index contributed by atoms with van der Waals surface area (Å²) in [4.78, 5) is 26.2. The lowest BCUT2D eigenvalue weighted by atomic mass is 10.3. The molecule has 146 valence electrons. The van der Waals surface area contributed by atoms with Gasteiger partial charge in [0.15, 0.2) is 5.57 Å².